The van der Waals surface area contributed by atoms with Crippen molar-refractivity contribution >= 4 is 16.7 Å². The fourth-order valence-electron chi connectivity index (χ4n) is 4.51. The van der Waals surface area contributed by atoms with Gasteiger partial charge in [-0.25, -0.2) is 14.4 Å². The molecule has 2 fully saturated rings. The van der Waals surface area contributed by atoms with Gasteiger partial charge < -0.3 is 9.64 Å². The minimum Gasteiger partial charge on any atom is -0.371 e. The second-order valence-electron chi connectivity index (χ2n) is 8.75. The minimum absolute atomic E-state index is 0.0451. The summed E-state index contributed by atoms with van der Waals surface area (Å²) in [7, 11) is 1.58. The molecule has 1 aromatic carbocycles. The summed E-state index contributed by atoms with van der Waals surface area (Å²) in [5.41, 5.74) is -1.61. The number of aryl methyl sites for hydroxylation is 1. The third-order valence-electron chi connectivity index (χ3n) is 6.66. The van der Waals surface area contributed by atoms with Crippen LogP contribution in [0.2, 0.25) is 0 Å². The Morgan fingerprint density at radius 1 is 1.15 bits per heavy atom. The fourth-order valence-corrected chi connectivity index (χ4v) is 4.51. The van der Waals surface area contributed by atoms with Crippen molar-refractivity contribution < 1.29 is 22.3 Å². The van der Waals surface area contributed by atoms with E-state index in [0.717, 1.165) is 31.4 Å². The van der Waals surface area contributed by atoms with Crippen LogP contribution < -0.4 is 10.5 Å². The SMILES string of the molecule is Cc1nc2c(-c3ccc(C(F)(F)F)cc3F)nc(N3CCOC4(CCC4)C3)cc2c(=O)n1C. The summed E-state index contributed by atoms with van der Waals surface area (Å²) in [6.45, 7) is 3.24. The van der Waals surface area contributed by atoms with Crippen molar-refractivity contribution in [2.75, 3.05) is 24.6 Å². The van der Waals surface area contributed by atoms with Gasteiger partial charge in [-0.1, -0.05) is 0 Å². The molecule has 0 atom stereocenters. The van der Waals surface area contributed by atoms with Gasteiger partial charge in [0.05, 0.1) is 23.2 Å². The van der Waals surface area contributed by atoms with E-state index in [2.05, 4.69) is 9.97 Å². The van der Waals surface area contributed by atoms with Gasteiger partial charge in [0.15, 0.2) is 0 Å². The number of hydrogen-bond donors (Lipinski definition) is 0. The Labute approximate surface area is 186 Å². The van der Waals surface area contributed by atoms with Crippen LogP contribution in [0, 0.1) is 12.7 Å². The van der Waals surface area contributed by atoms with Crippen LogP contribution >= 0.6 is 0 Å². The molecule has 0 amide bonds. The molecule has 10 heteroatoms. The standard InChI is InChI=1S/C23H22F4N4O2/c1-13-28-20-16(21(32)30(13)2)11-18(31-8-9-33-22(12-31)6-3-7-22)29-19(20)15-5-4-14(10-17(15)24)23(25,26)27/h4-5,10-11H,3,6-9,12H2,1-2H3. The number of fused-ring (bicyclic) bond motifs is 1. The lowest BCUT2D eigenvalue weighted by Gasteiger charge is -2.48. The Morgan fingerprint density at radius 2 is 1.91 bits per heavy atom. The number of pyridine rings is 1. The first-order valence-corrected chi connectivity index (χ1v) is 10.7. The zero-order valence-electron chi connectivity index (χ0n) is 18.2. The Bertz CT molecular complexity index is 1310. The number of benzene rings is 1. The molecule has 1 saturated carbocycles. The first-order valence-electron chi connectivity index (χ1n) is 10.7. The van der Waals surface area contributed by atoms with Crippen molar-refractivity contribution in [3.63, 3.8) is 0 Å². The smallest absolute Gasteiger partial charge is 0.371 e. The normalized spacial score (nSPS) is 18.1. The molecule has 5 rings (SSSR count). The van der Waals surface area contributed by atoms with Gasteiger partial charge in [-0.05, 0) is 50.5 Å². The number of halogens is 4. The van der Waals surface area contributed by atoms with E-state index in [4.69, 9.17) is 4.74 Å². The first kappa shape index (κ1) is 21.8. The van der Waals surface area contributed by atoms with E-state index in [1.54, 1.807) is 20.0 Å². The van der Waals surface area contributed by atoms with Crippen LogP contribution in [0.15, 0.2) is 29.1 Å². The lowest BCUT2D eigenvalue weighted by Crippen LogP contribution is -2.56. The maximum Gasteiger partial charge on any atom is 0.416 e. The second-order valence-corrected chi connectivity index (χ2v) is 8.75. The number of hydrogen-bond acceptors (Lipinski definition) is 5. The van der Waals surface area contributed by atoms with Crippen molar-refractivity contribution in [1.29, 1.82) is 0 Å². The van der Waals surface area contributed by atoms with Crippen molar-refractivity contribution in [1.82, 2.24) is 14.5 Å². The van der Waals surface area contributed by atoms with Gasteiger partial charge in [0.2, 0.25) is 0 Å². The predicted octanol–water partition coefficient (Wildman–Crippen LogP) is 4.22. The molecular weight excluding hydrogens is 440 g/mol. The average molecular weight is 462 g/mol. The van der Waals surface area contributed by atoms with E-state index in [0.29, 0.717) is 37.4 Å². The van der Waals surface area contributed by atoms with Gasteiger partial charge in [0.1, 0.15) is 28.7 Å². The molecule has 3 aromatic rings. The average Bonchev–Trinajstić information content (AvgIpc) is 2.75. The van der Waals surface area contributed by atoms with E-state index in [1.807, 2.05) is 4.90 Å². The van der Waals surface area contributed by atoms with E-state index in [1.165, 1.54) is 4.57 Å². The van der Waals surface area contributed by atoms with Crippen LogP contribution in [0.4, 0.5) is 23.4 Å². The molecule has 0 radical (unpaired) electrons. The van der Waals surface area contributed by atoms with Crippen LogP contribution in [0.5, 0.6) is 0 Å². The molecule has 1 aliphatic carbocycles. The molecule has 1 aliphatic heterocycles. The maximum atomic E-state index is 15.0. The number of alkyl halides is 3. The van der Waals surface area contributed by atoms with Crippen molar-refractivity contribution in [2.24, 2.45) is 7.05 Å². The number of aromatic nitrogens is 3. The summed E-state index contributed by atoms with van der Waals surface area (Å²) in [5.74, 6) is -0.238. The largest absolute Gasteiger partial charge is 0.416 e. The van der Waals surface area contributed by atoms with Crippen molar-refractivity contribution in [3.05, 3.63) is 51.8 Å². The van der Waals surface area contributed by atoms with Crippen LogP contribution in [0.25, 0.3) is 22.2 Å². The number of nitrogens with zero attached hydrogens (tertiary/aromatic N) is 4. The third kappa shape index (κ3) is 3.66. The summed E-state index contributed by atoms with van der Waals surface area (Å²) in [4.78, 5) is 24.1. The molecule has 0 unspecified atom stereocenters. The number of rotatable bonds is 2. The lowest BCUT2D eigenvalue weighted by molar-refractivity contribution is -0.137. The summed E-state index contributed by atoms with van der Waals surface area (Å²) < 4.78 is 61.5. The molecule has 2 aliphatic rings. The molecule has 1 spiro atoms. The van der Waals surface area contributed by atoms with Gasteiger partial charge >= 0.3 is 6.18 Å². The van der Waals surface area contributed by atoms with Gasteiger partial charge in [0.25, 0.3) is 5.56 Å². The molecular formula is C23H22F4N4O2. The monoisotopic (exact) mass is 462 g/mol. The van der Waals surface area contributed by atoms with E-state index >= 15 is 0 Å². The minimum atomic E-state index is -4.67. The fraction of sp³-hybridized carbons (Fsp3) is 0.435. The highest BCUT2D eigenvalue weighted by Crippen LogP contribution is 2.40. The lowest BCUT2D eigenvalue weighted by atomic mass is 9.79. The molecule has 174 valence electrons. The number of anilines is 1. The van der Waals surface area contributed by atoms with Gasteiger partial charge in [-0.3, -0.25) is 9.36 Å². The quantitative estimate of drug-likeness (QED) is 0.534. The highest BCUT2D eigenvalue weighted by molar-refractivity contribution is 5.93. The third-order valence-corrected chi connectivity index (χ3v) is 6.66. The van der Waals surface area contributed by atoms with E-state index in [9.17, 15) is 22.4 Å². The molecule has 1 saturated heterocycles. The Kier molecular flexibility index (Phi) is 4.97. The summed E-state index contributed by atoms with van der Waals surface area (Å²) in [5, 5.41) is 0.233. The molecule has 6 nitrogen and oxygen atoms in total. The predicted molar refractivity (Wildman–Crippen MR) is 115 cm³/mol. The summed E-state index contributed by atoms with van der Waals surface area (Å²) in [6.07, 6.45) is -1.74. The summed E-state index contributed by atoms with van der Waals surface area (Å²) in [6, 6.07) is 3.93. The van der Waals surface area contributed by atoms with Crippen LogP contribution in [-0.2, 0) is 18.0 Å². The van der Waals surface area contributed by atoms with Gasteiger partial charge in [-0.2, -0.15) is 13.2 Å². The van der Waals surface area contributed by atoms with Crippen molar-refractivity contribution in [3.8, 4) is 11.3 Å². The van der Waals surface area contributed by atoms with E-state index in [-0.39, 0.29) is 33.3 Å². The first-order chi connectivity index (χ1) is 15.6. The van der Waals surface area contributed by atoms with Crippen LogP contribution in [0.1, 0.15) is 30.7 Å². The molecule has 0 bridgehead atoms. The molecule has 2 aromatic heterocycles. The van der Waals surface area contributed by atoms with Gasteiger partial charge in [0, 0.05) is 25.7 Å². The second kappa shape index (κ2) is 7.51. The molecule has 33 heavy (non-hydrogen) atoms. The summed E-state index contributed by atoms with van der Waals surface area (Å²) >= 11 is 0. The van der Waals surface area contributed by atoms with Crippen LogP contribution in [-0.4, -0.2) is 39.8 Å². The maximum absolute atomic E-state index is 15.0. The zero-order chi connectivity index (χ0) is 23.5. The van der Waals surface area contributed by atoms with Gasteiger partial charge in [-0.15, -0.1) is 0 Å². The van der Waals surface area contributed by atoms with Crippen LogP contribution in [0.3, 0.4) is 0 Å². The highest BCUT2D eigenvalue weighted by Gasteiger charge is 2.42. The topological polar surface area (TPSA) is 60.2 Å². The number of ether oxygens (including phenoxy) is 1. The Hall–Kier alpha value is -3.01. The molecule has 3 heterocycles. The highest BCUT2D eigenvalue weighted by atomic mass is 19.4. The number of morpholine rings is 1. The van der Waals surface area contributed by atoms with E-state index < -0.39 is 17.6 Å². The van der Waals surface area contributed by atoms with Crippen molar-refractivity contribution in [2.45, 2.75) is 38.0 Å². The zero-order valence-corrected chi connectivity index (χ0v) is 18.2. The Balaban J connectivity index is 1.71. The molecule has 0 N–H and O–H groups in total. The Morgan fingerprint density at radius 3 is 2.55 bits per heavy atom.